The summed E-state index contributed by atoms with van der Waals surface area (Å²) in [6.45, 7) is 0.905. The molecule has 2 aliphatic heterocycles. The van der Waals surface area contributed by atoms with Crippen molar-refractivity contribution in [3.05, 3.63) is 23.5 Å². The second kappa shape index (κ2) is 4.76. The number of pyridine rings is 1. The standard InChI is InChI=1S/C13H16ClN3O/c14-13-9(4-3-6-15-13)16-10-8-12(18)17-7-2-1-5-11(10)17/h3-4,6,10-11,16H,1-2,5,7-8H2. The van der Waals surface area contributed by atoms with Crippen LogP contribution in [0.5, 0.6) is 0 Å². The van der Waals surface area contributed by atoms with Crippen LogP contribution in [0.25, 0.3) is 0 Å². The van der Waals surface area contributed by atoms with Gasteiger partial charge >= 0.3 is 0 Å². The van der Waals surface area contributed by atoms with Crippen LogP contribution in [0.15, 0.2) is 18.3 Å². The normalized spacial score (nSPS) is 27.2. The van der Waals surface area contributed by atoms with Gasteiger partial charge in [0.05, 0.1) is 17.8 Å². The highest BCUT2D eigenvalue weighted by atomic mass is 35.5. The van der Waals surface area contributed by atoms with Gasteiger partial charge in [-0.25, -0.2) is 4.98 Å². The fourth-order valence-corrected chi connectivity index (χ4v) is 3.14. The van der Waals surface area contributed by atoms with Crippen molar-refractivity contribution < 1.29 is 4.79 Å². The summed E-state index contributed by atoms with van der Waals surface area (Å²) in [4.78, 5) is 18.0. The number of hydrogen-bond donors (Lipinski definition) is 1. The molecule has 2 unspecified atom stereocenters. The molecule has 96 valence electrons. The Morgan fingerprint density at radius 3 is 3.17 bits per heavy atom. The Morgan fingerprint density at radius 2 is 2.33 bits per heavy atom. The maximum atomic E-state index is 11.9. The topological polar surface area (TPSA) is 45.2 Å². The van der Waals surface area contributed by atoms with Crippen LogP contribution in [0, 0.1) is 0 Å². The molecule has 3 rings (SSSR count). The first kappa shape index (κ1) is 11.8. The third-order valence-electron chi connectivity index (χ3n) is 3.83. The van der Waals surface area contributed by atoms with Crippen molar-refractivity contribution in [2.24, 2.45) is 0 Å². The maximum absolute atomic E-state index is 11.9. The number of fused-ring (bicyclic) bond motifs is 1. The summed E-state index contributed by atoms with van der Waals surface area (Å²) in [7, 11) is 0. The average Bonchev–Trinajstić information content (AvgIpc) is 2.70. The van der Waals surface area contributed by atoms with E-state index in [0.717, 1.165) is 25.1 Å². The molecule has 2 fully saturated rings. The number of nitrogens with zero attached hydrogens (tertiary/aromatic N) is 2. The lowest BCUT2D eigenvalue weighted by molar-refractivity contribution is -0.129. The molecule has 0 bridgehead atoms. The molecule has 1 amide bonds. The van der Waals surface area contributed by atoms with Gasteiger partial charge in [0.2, 0.25) is 5.91 Å². The molecule has 5 heteroatoms. The Morgan fingerprint density at radius 1 is 1.44 bits per heavy atom. The summed E-state index contributed by atoms with van der Waals surface area (Å²) in [5, 5.41) is 3.85. The van der Waals surface area contributed by atoms with Crippen LogP contribution in [-0.4, -0.2) is 34.4 Å². The second-order valence-electron chi connectivity index (χ2n) is 4.95. The molecule has 4 nitrogen and oxygen atoms in total. The number of nitrogens with one attached hydrogen (secondary N) is 1. The molecule has 2 aliphatic rings. The lowest BCUT2D eigenvalue weighted by atomic mass is 9.99. The zero-order valence-electron chi connectivity index (χ0n) is 10.1. The summed E-state index contributed by atoms with van der Waals surface area (Å²) in [6.07, 6.45) is 5.65. The van der Waals surface area contributed by atoms with Crippen LogP contribution in [-0.2, 0) is 4.79 Å². The van der Waals surface area contributed by atoms with Crippen LogP contribution >= 0.6 is 11.6 Å². The number of halogens is 1. The number of hydrogen-bond acceptors (Lipinski definition) is 3. The molecule has 0 saturated carbocycles. The molecule has 0 spiro atoms. The van der Waals surface area contributed by atoms with Gasteiger partial charge in [0, 0.05) is 19.2 Å². The van der Waals surface area contributed by atoms with Crippen molar-refractivity contribution in [3.63, 3.8) is 0 Å². The minimum absolute atomic E-state index is 0.166. The molecule has 0 radical (unpaired) electrons. The second-order valence-corrected chi connectivity index (χ2v) is 5.31. The number of anilines is 1. The Bertz CT molecular complexity index is 465. The summed E-state index contributed by atoms with van der Waals surface area (Å²) in [5.41, 5.74) is 0.824. The molecule has 0 aromatic carbocycles. The fraction of sp³-hybridized carbons (Fsp3) is 0.538. The Hall–Kier alpha value is -1.29. The van der Waals surface area contributed by atoms with E-state index in [9.17, 15) is 4.79 Å². The summed E-state index contributed by atoms with van der Waals surface area (Å²) < 4.78 is 0. The Kier molecular flexibility index (Phi) is 3.12. The van der Waals surface area contributed by atoms with Crippen LogP contribution in [0.4, 0.5) is 5.69 Å². The van der Waals surface area contributed by atoms with E-state index in [1.165, 1.54) is 6.42 Å². The largest absolute Gasteiger partial charge is 0.377 e. The van der Waals surface area contributed by atoms with E-state index in [1.807, 2.05) is 17.0 Å². The van der Waals surface area contributed by atoms with Gasteiger partial charge in [-0.15, -0.1) is 0 Å². The number of piperidine rings is 1. The van der Waals surface area contributed by atoms with Crippen molar-refractivity contribution in [2.45, 2.75) is 37.8 Å². The number of rotatable bonds is 2. The molecule has 1 aromatic heterocycles. The van der Waals surface area contributed by atoms with Gasteiger partial charge in [0.1, 0.15) is 0 Å². The van der Waals surface area contributed by atoms with Gasteiger partial charge < -0.3 is 10.2 Å². The van der Waals surface area contributed by atoms with E-state index in [-0.39, 0.29) is 11.9 Å². The predicted octanol–water partition coefficient (Wildman–Crippen LogP) is 2.30. The van der Waals surface area contributed by atoms with E-state index >= 15 is 0 Å². The Balaban J connectivity index is 1.77. The smallest absolute Gasteiger partial charge is 0.225 e. The highest BCUT2D eigenvalue weighted by Crippen LogP contribution is 2.31. The van der Waals surface area contributed by atoms with Crippen LogP contribution in [0.1, 0.15) is 25.7 Å². The molecule has 1 N–H and O–H groups in total. The molecular weight excluding hydrogens is 250 g/mol. The van der Waals surface area contributed by atoms with E-state index in [0.29, 0.717) is 17.6 Å². The summed E-state index contributed by atoms with van der Waals surface area (Å²) in [6, 6.07) is 4.25. The fourth-order valence-electron chi connectivity index (χ4n) is 2.97. The van der Waals surface area contributed by atoms with Gasteiger partial charge in [-0.2, -0.15) is 0 Å². The lowest BCUT2D eigenvalue weighted by Gasteiger charge is -2.33. The number of carbonyl (C=O) groups is 1. The maximum Gasteiger partial charge on any atom is 0.225 e. The van der Waals surface area contributed by atoms with E-state index in [4.69, 9.17) is 11.6 Å². The Labute approximate surface area is 111 Å². The zero-order chi connectivity index (χ0) is 12.5. The molecule has 3 heterocycles. The van der Waals surface area contributed by atoms with Gasteiger partial charge in [0.25, 0.3) is 0 Å². The zero-order valence-corrected chi connectivity index (χ0v) is 10.9. The van der Waals surface area contributed by atoms with Gasteiger partial charge in [-0.1, -0.05) is 11.6 Å². The minimum atomic E-state index is 0.166. The van der Waals surface area contributed by atoms with Crippen molar-refractivity contribution >= 4 is 23.2 Å². The molecule has 2 atom stereocenters. The van der Waals surface area contributed by atoms with Crippen LogP contribution < -0.4 is 5.32 Å². The van der Waals surface area contributed by atoms with Crippen molar-refractivity contribution in [1.82, 2.24) is 9.88 Å². The highest BCUT2D eigenvalue weighted by Gasteiger charge is 2.40. The van der Waals surface area contributed by atoms with Gasteiger partial charge in [-0.3, -0.25) is 4.79 Å². The third kappa shape index (κ3) is 2.05. The lowest BCUT2D eigenvalue weighted by Crippen LogP contribution is -2.42. The van der Waals surface area contributed by atoms with Crippen molar-refractivity contribution in [2.75, 3.05) is 11.9 Å². The summed E-state index contributed by atoms with van der Waals surface area (Å²) >= 11 is 6.04. The SMILES string of the molecule is O=C1CC(Nc2cccnc2Cl)C2CCCCN12. The third-order valence-corrected chi connectivity index (χ3v) is 4.13. The predicted molar refractivity (Wildman–Crippen MR) is 70.6 cm³/mol. The first-order valence-corrected chi connectivity index (χ1v) is 6.80. The van der Waals surface area contributed by atoms with Crippen LogP contribution in [0.2, 0.25) is 5.15 Å². The molecular formula is C13H16ClN3O. The van der Waals surface area contributed by atoms with Crippen molar-refractivity contribution in [3.8, 4) is 0 Å². The van der Waals surface area contributed by atoms with E-state index in [2.05, 4.69) is 10.3 Å². The molecule has 0 aliphatic carbocycles. The average molecular weight is 266 g/mol. The number of amides is 1. The van der Waals surface area contributed by atoms with Gasteiger partial charge in [-0.05, 0) is 31.4 Å². The monoisotopic (exact) mass is 265 g/mol. The highest BCUT2D eigenvalue weighted by molar-refractivity contribution is 6.31. The molecule has 2 saturated heterocycles. The number of carbonyl (C=O) groups excluding carboxylic acids is 1. The van der Waals surface area contributed by atoms with Crippen molar-refractivity contribution in [1.29, 1.82) is 0 Å². The van der Waals surface area contributed by atoms with Gasteiger partial charge in [0.15, 0.2) is 5.15 Å². The van der Waals surface area contributed by atoms with E-state index in [1.54, 1.807) is 6.20 Å². The van der Waals surface area contributed by atoms with Crippen LogP contribution in [0.3, 0.4) is 0 Å². The quantitative estimate of drug-likeness (QED) is 0.835. The minimum Gasteiger partial charge on any atom is -0.377 e. The first-order valence-electron chi connectivity index (χ1n) is 6.42. The number of aromatic nitrogens is 1. The molecule has 18 heavy (non-hydrogen) atoms. The summed E-state index contributed by atoms with van der Waals surface area (Å²) in [5.74, 6) is 0.261. The molecule has 1 aromatic rings. The van der Waals surface area contributed by atoms with E-state index < -0.39 is 0 Å². The first-order chi connectivity index (χ1) is 8.75.